The second-order valence-corrected chi connectivity index (χ2v) is 10.0. The van der Waals surface area contributed by atoms with Gasteiger partial charge in [-0.05, 0) is 11.6 Å². The van der Waals surface area contributed by atoms with Crippen LogP contribution in [0.25, 0.3) is 10.6 Å². The molecule has 1 amide bonds. The van der Waals surface area contributed by atoms with E-state index in [0.29, 0.717) is 16.9 Å². The number of amides is 1. The van der Waals surface area contributed by atoms with Crippen LogP contribution in [-0.4, -0.2) is 42.4 Å². The van der Waals surface area contributed by atoms with E-state index in [2.05, 4.69) is 4.98 Å². The molecule has 0 aliphatic carbocycles. The number of halogens is 3. The highest BCUT2D eigenvalue weighted by atomic mass is 32.2. The van der Waals surface area contributed by atoms with Crippen LogP contribution in [0, 0.1) is 10.1 Å². The Bertz CT molecular complexity index is 1320. The van der Waals surface area contributed by atoms with Gasteiger partial charge in [-0.2, -0.15) is 13.2 Å². The molecule has 3 aromatic rings. The molecule has 1 heterocycles. The van der Waals surface area contributed by atoms with Gasteiger partial charge in [0.05, 0.1) is 4.92 Å². The first-order valence-electron chi connectivity index (χ1n) is 9.15. The minimum atomic E-state index is -4.95. The van der Waals surface area contributed by atoms with Gasteiger partial charge in [-0.3, -0.25) is 14.9 Å². The van der Waals surface area contributed by atoms with Crippen molar-refractivity contribution in [2.45, 2.75) is 17.6 Å². The Kier molecular flexibility index (Phi) is 6.56. The number of nitro benzene ring substituents is 1. The molecule has 8 nitrogen and oxygen atoms in total. The van der Waals surface area contributed by atoms with Crippen LogP contribution in [0.4, 0.5) is 18.9 Å². The fourth-order valence-electron chi connectivity index (χ4n) is 2.99. The molecule has 0 saturated carbocycles. The van der Waals surface area contributed by atoms with Crippen molar-refractivity contribution < 1.29 is 31.3 Å². The van der Waals surface area contributed by atoms with E-state index in [1.807, 2.05) is 0 Å². The van der Waals surface area contributed by atoms with E-state index in [4.69, 9.17) is 0 Å². The van der Waals surface area contributed by atoms with Gasteiger partial charge in [-0.25, -0.2) is 13.4 Å². The van der Waals surface area contributed by atoms with E-state index in [1.165, 1.54) is 7.05 Å². The van der Waals surface area contributed by atoms with Crippen LogP contribution in [0.2, 0.25) is 0 Å². The van der Waals surface area contributed by atoms with E-state index in [0.717, 1.165) is 29.4 Å². The molecule has 0 saturated heterocycles. The van der Waals surface area contributed by atoms with Crippen LogP contribution in [0.5, 0.6) is 0 Å². The molecule has 3 rings (SSSR count). The summed E-state index contributed by atoms with van der Waals surface area (Å²) in [4.78, 5) is 26.6. The Hall–Kier alpha value is -3.32. The summed E-state index contributed by atoms with van der Waals surface area (Å²) in [6.07, 6.45) is -4.18. The molecule has 0 N–H and O–H groups in total. The van der Waals surface area contributed by atoms with Gasteiger partial charge < -0.3 is 4.90 Å². The molecule has 0 spiro atoms. The van der Waals surface area contributed by atoms with E-state index < -0.39 is 48.0 Å². The number of nitro groups is 1. The predicted octanol–water partition coefficient (Wildman–Crippen LogP) is 4.41. The third-order valence-corrected chi connectivity index (χ3v) is 6.74. The highest BCUT2D eigenvalue weighted by Crippen LogP contribution is 2.39. The summed E-state index contributed by atoms with van der Waals surface area (Å²) in [6.45, 7) is 0.0543. The van der Waals surface area contributed by atoms with Crippen molar-refractivity contribution in [3.63, 3.8) is 0 Å². The molecule has 0 unspecified atom stereocenters. The molecule has 13 heteroatoms. The first kappa shape index (κ1) is 24.3. The largest absolute Gasteiger partial charge is 0.435 e. The lowest BCUT2D eigenvalue weighted by Crippen LogP contribution is -2.27. The number of thiazole rings is 1. The number of aromatic nitrogens is 1. The van der Waals surface area contributed by atoms with Crippen LogP contribution in [0.3, 0.4) is 0 Å². The average Bonchev–Trinajstić information content (AvgIpc) is 3.19. The third kappa shape index (κ3) is 5.37. The number of rotatable bonds is 6. The van der Waals surface area contributed by atoms with Crippen molar-refractivity contribution in [2.75, 3.05) is 13.3 Å². The molecule has 174 valence electrons. The van der Waals surface area contributed by atoms with Gasteiger partial charge in [0.1, 0.15) is 14.8 Å². The number of hydrogen-bond acceptors (Lipinski definition) is 7. The zero-order valence-electron chi connectivity index (χ0n) is 17.2. The molecule has 0 radical (unpaired) electrons. The van der Waals surface area contributed by atoms with Crippen LogP contribution in [0.1, 0.15) is 20.9 Å². The number of nitrogens with zero attached hydrogens (tertiary/aromatic N) is 3. The topological polar surface area (TPSA) is 110 Å². The summed E-state index contributed by atoms with van der Waals surface area (Å²) >= 11 is 0.426. The lowest BCUT2D eigenvalue weighted by molar-refractivity contribution is -0.387. The van der Waals surface area contributed by atoms with E-state index >= 15 is 0 Å². The van der Waals surface area contributed by atoms with Gasteiger partial charge in [0.15, 0.2) is 15.5 Å². The monoisotopic (exact) mass is 499 g/mol. The third-order valence-electron chi connectivity index (χ3n) is 4.50. The van der Waals surface area contributed by atoms with Gasteiger partial charge in [-0.1, -0.05) is 36.4 Å². The summed E-state index contributed by atoms with van der Waals surface area (Å²) < 4.78 is 64.5. The second-order valence-electron chi connectivity index (χ2n) is 7.05. The summed E-state index contributed by atoms with van der Waals surface area (Å²) in [6, 6.07) is 11.5. The number of carbonyl (C=O) groups is 1. The molecule has 0 aliphatic heterocycles. The first-order chi connectivity index (χ1) is 15.3. The number of benzene rings is 2. The number of sulfone groups is 1. The SMILES string of the molecule is CN(Cc1ccccc1)C(=O)c1sc(-c2ccc(S(C)(=O)=O)c([N+](=O)[O-])c2)nc1C(F)(F)F. The highest BCUT2D eigenvalue weighted by molar-refractivity contribution is 7.90. The van der Waals surface area contributed by atoms with E-state index in [-0.39, 0.29) is 17.1 Å². The average molecular weight is 499 g/mol. The second kappa shape index (κ2) is 8.90. The fourth-order valence-corrected chi connectivity index (χ4v) is 4.89. The molecule has 33 heavy (non-hydrogen) atoms. The maximum atomic E-state index is 13.6. The standard InChI is InChI=1S/C20H16F3N3O5S2/c1-25(11-12-6-4-3-5-7-12)19(27)16-17(20(21,22)23)24-18(32-16)13-8-9-15(33(2,30)31)14(10-13)26(28)29/h3-10H,11H2,1-2H3. The molecule has 0 atom stereocenters. The quantitative estimate of drug-likeness (QED) is 0.367. The van der Waals surface area contributed by atoms with Crippen molar-refractivity contribution in [1.82, 2.24) is 9.88 Å². The molecule has 1 aromatic heterocycles. The maximum absolute atomic E-state index is 13.6. The van der Waals surface area contributed by atoms with Crippen LogP contribution < -0.4 is 0 Å². The predicted molar refractivity (Wildman–Crippen MR) is 115 cm³/mol. The number of carbonyl (C=O) groups excluding carboxylic acids is 1. The lowest BCUT2D eigenvalue weighted by Gasteiger charge is -2.17. The van der Waals surface area contributed by atoms with E-state index in [1.54, 1.807) is 30.3 Å². The Morgan fingerprint density at radius 2 is 1.82 bits per heavy atom. The summed E-state index contributed by atoms with van der Waals surface area (Å²) in [5.41, 5.74) is -1.62. The summed E-state index contributed by atoms with van der Waals surface area (Å²) in [5.74, 6) is -0.919. The van der Waals surface area contributed by atoms with Crippen molar-refractivity contribution >= 4 is 32.8 Å². The Balaban J connectivity index is 2.06. The number of hydrogen-bond donors (Lipinski definition) is 0. The van der Waals surface area contributed by atoms with Crippen LogP contribution >= 0.6 is 11.3 Å². The van der Waals surface area contributed by atoms with Crippen molar-refractivity contribution in [3.8, 4) is 10.6 Å². The normalized spacial score (nSPS) is 11.9. The minimum Gasteiger partial charge on any atom is -0.337 e. The van der Waals surface area contributed by atoms with Crippen LogP contribution in [0.15, 0.2) is 53.4 Å². The van der Waals surface area contributed by atoms with Crippen molar-refractivity contribution in [1.29, 1.82) is 0 Å². The highest BCUT2D eigenvalue weighted by Gasteiger charge is 2.40. The van der Waals surface area contributed by atoms with Crippen LogP contribution in [-0.2, 0) is 22.6 Å². The van der Waals surface area contributed by atoms with Gasteiger partial charge in [0.25, 0.3) is 11.6 Å². The van der Waals surface area contributed by atoms with E-state index in [9.17, 15) is 36.5 Å². The zero-order valence-corrected chi connectivity index (χ0v) is 18.8. The molecular weight excluding hydrogens is 483 g/mol. The molecule has 0 bridgehead atoms. The molecule has 0 aliphatic rings. The van der Waals surface area contributed by atoms with Gasteiger partial charge in [0.2, 0.25) is 0 Å². The Labute approximate surface area is 190 Å². The molecule has 2 aromatic carbocycles. The van der Waals surface area contributed by atoms with Crippen molar-refractivity contribution in [3.05, 3.63) is 74.8 Å². The Morgan fingerprint density at radius 1 is 1.18 bits per heavy atom. The Morgan fingerprint density at radius 3 is 2.36 bits per heavy atom. The van der Waals surface area contributed by atoms with Gasteiger partial charge in [0, 0.05) is 31.5 Å². The smallest absolute Gasteiger partial charge is 0.337 e. The van der Waals surface area contributed by atoms with Gasteiger partial charge >= 0.3 is 6.18 Å². The summed E-state index contributed by atoms with van der Waals surface area (Å²) in [5, 5.41) is 11.0. The molecule has 0 fully saturated rings. The van der Waals surface area contributed by atoms with Gasteiger partial charge in [-0.15, -0.1) is 11.3 Å². The molecular formula is C20H16F3N3O5S2. The maximum Gasteiger partial charge on any atom is 0.435 e. The fraction of sp³-hybridized carbons (Fsp3) is 0.200. The first-order valence-corrected chi connectivity index (χ1v) is 11.9. The minimum absolute atomic E-state index is 0.0543. The lowest BCUT2D eigenvalue weighted by atomic mass is 10.2. The van der Waals surface area contributed by atoms with Crippen molar-refractivity contribution in [2.24, 2.45) is 0 Å². The number of alkyl halides is 3. The summed E-state index contributed by atoms with van der Waals surface area (Å²) in [7, 11) is -2.61. The zero-order chi connectivity index (χ0) is 24.6.